The summed E-state index contributed by atoms with van der Waals surface area (Å²) in [5.74, 6) is 0.763. The second-order valence-electron chi connectivity index (χ2n) is 3.67. The lowest BCUT2D eigenvalue weighted by molar-refractivity contribution is 0.162. The molecule has 0 aliphatic carbocycles. The first-order valence-corrected chi connectivity index (χ1v) is 6.83. The first-order valence-electron chi connectivity index (χ1n) is 6.07. The van der Waals surface area contributed by atoms with E-state index < -0.39 is 0 Å². The van der Waals surface area contributed by atoms with Gasteiger partial charge in [-0.2, -0.15) is 0 Å². The second-order valence-corrected chi connectivity index (χ2v) is 4.55. The molecule has 1 aromatic carbocycles. The lowest BCUT2D eigenvalue weighted by atomic mass is 10.1. The zero-order valence-corrected chi connectivity index (χ0v) is 11.8. The van der Waals surface area contributed by atoms with E-state index in [1.807, 2.05) is 13.8 Å². The van der Waals surface area contributed by atoms with Crippen LogP contribution in [0.15, 0.2) is 18.2 Å². The van der Waals surface area contributed by atoms with Gasteiger partial charge in [-0.25, -0.2) is 0 Å². The van der Waals surface area contributed by atoms with Crippen molar-refractivity contribution in [1.29, 1.82) is 0 Å². The average molecular weight is 276 g/mol. The molecule has 2 rings (SSSR count). The minimum atomic E-state index is 0.279. The van der Waals surface area contributed by atoms with Crippen LogP contribution in [0.25, 0.3) is 0 Å². The SMILES string of the molecule is CC.Clc1cc(Cl)cc(OC2CCNCC2)c1. The summed E-state index contributed by atoms with van der Waals surface area (Å²) >= 11 is 11.8. The van der Waals surface area contributed by atoms with Crippen molar-refractivity contribution in [3.8, 4) is 5.75 Å². The van der Waals surface area contributed by atoms with Crippen molar-refractivity contribution in [1.82, 2.24) is 5.32 Å². The molecule has 0 radical (unpaired) electrons. The van der Waals surface area contributed by atoms with Crippen molar-refractivity contribution in [2.24, 2.45) is 0 Å². The van der Waals surface area contributed by atoms with Crippen molar-refractivity contribution in [2.75, 3.05) is 13.1 Å². The number of hydrogen-bond acceptors (Lipinski definition) is 2. The molecular weight excluding hydrogens is 257 g/mol. The van der Waals surface area contributed by atoms with Gasteiger partial charge in [0.15, 0.2) is 0 Å². The normalized spacial score (nSPS) is 16.0. The van der Waals surface area contributed by atoms with E-state index in [9.17, 15) is 0 Å². The lowest BCUT2D eigenvalue weighted by Crippen LogP contribution is -2.34. The molecule has 1 fully saturated rings. The van der Waals surface area contributed by atoms with Gasteiger partial charge in [0.25, 0.3) is 0 Å². The van der Waals surface area contributed by atoms with Crippen molar-refractivity contribution in [2.45, 2.75) is 32.8 Å². The summed E-state index contributed by atoms with van der Waals surface area (Å²) in [6.45, 7) is 6.03. The predicted octanol–water partition coefficient (Wildman–Crippen LogP) is 4.15. The van der Waals surface area contributed by atoms with E-state index in [-0.39, 0.29) is 6.10 Å². The van der Waals surface area contributed by atoms with Gasteiger partial charge >= 0.3 is 0 Å². The molecule has 0 aromatic heterocycles. The minimum Gasteiger partial charge on any atom is -0.490 e. The molecule has 1 aliphatic rings. The van der Waals surface area contributed by atoms with Gasteiger partial charge in [-0.15, -0.1) is 0 Å². The van der Waals surface area contributed by atoms with E-state index in [0.717, 1.165) is 31.7 Å². The molecule has 1 aromatic rings. The van der Waals surface area contributed by atoms with E-state index in [1.165, 1.54) is 0 Å². The molecule has 1 heterocycles. The molecule has 1 N–H and O–H groups in total. The van der Waals surface area contributed by atoms with Gasteiger partial charge in [-0.3, -0.25) is 0 Å². The van der Waals surface area contributed by atoms with Gasteiger partial charge < -0.3 is 10.1 Å². The van der Waals surface area contributed by atoms with E-state index in [4.69, 9.17) is 27.9 Å². The van der Waals surface area contributed by atoms with Crippen LogP contribution in [0.2, 0.25) is 10.0 Å². The maximum absolute atomic E-state index is 5.89. The van der Waals surface area contributed by atoms with Gasteiger partial charge in [0, 0.05) is 10.0 Å². The highest BCUT2D eigenvalue weighted by molar-refractivity contribution is 6.34. The summed E-state index contributed by atoms with van der Waals surface area (Å²) in [7, 11) is 0. The largest absolute Gasteiger partial charge is 0.490 e. The fourth-order valence-electron chi connectivity index (χ4n) is 1.70. The maximum Gasteiger partial charge on any atom is 0.122 e. The topological polar surface area (TPSA) is 21.3 Å². The first kappa shape index (κ1) is 14.6. The summed E-state index contributed by atoms with van der Waals surface area (Å²) in [6.07, 6.45) is 2.34. The van der Waals surface area contributed by atoms with Crippen molar-refractivity contribution >= 4 is 23.2 Å². The highest BCUT2D eigenvalue weighted by Crippen LogP contribution is 2.26. The van der Waals surface area contributed by atoms with Crippen LogP contribution in [-0.2, 0) is 0 Å². The van der Waals surface area contributed by atoms with Crippen molar-refractivity contribution in [3.05, 3.63) is 28.2 Å². The van der Waals surface area contributed by atoms with E-state index >= 15 is 0 Å². The third-order valence-corrected chi connectivity index (χ3v) is 2.86. The summed E-state index contributed by atoms with van der Waals surface area (Å²) in [6, 6.07) is 5.31. The molecule has 1 saturated heterocycles. The van der Waals surface area contributed by atoms with Crippen LogP contribution in [0.1, 0.15) is 26.7 Å². The monoisotopic (exact) mass is 275 g/mol. The van der Waals surface area contributed by atoms with Gasteiger partial charge in [0.2, 0.25) is 0 Å². The Hall–Kier alpha value is -0.440. The molecule has 17 heavy (non-hydrogen) atoms. The molecule has 96 valence electrons. The molecular formula is C13H19Cl2NO. The quantitative estimate of drug-likeness (QED) is 0.876. The van der Waals surface area contributed by atoms with E-state index in [0.29, 0.717) is 10.0 Å². The first-order chi connectivity index (χ1) is 8.24. The lowest BCUT2D eigenvalue weighted by Gasteiger charge is -2.23. The summed E-state index contributed by atoms with van der Waals surface area (Å²) < 4.78 is 5.81. The number of ether oxygens (including phenoxy) is 1. The Balaban J connectivity index is 0.000000686. The molecule has 2 nitrogen and oxygen atoms in total. The Kier molecular flexibility index (Phi) is 6.71. The van der Waals surface area contributed by atoms with Crippen molar-refractivity contribution in [3.63, 3.8) is 0 Å². The van der Waals surface area contributed by atoms with Crippen LogP contribution in [0.5, 0.6) is 5.75 Å². The molecule has 4 heteroatoms. The molecule has 1 aliphatic heterocycles. The summed E-state index contributed by atoms with van der Waals surface area (Å²) in [5, 5.41) is 4.53. The standard InChI is InChI=1S/C11H13Cl2NO.C2H6/c12-8-5-9(13)7-11(6-8)15-10-1-3-14-4-2-10;1-2/h5-7,10,14H,1-4H2;1-2H3. The van der Waals surface area contributed by atoms with Crippen molar-refractivity contribution < 1.29 is 4.74 Å². The molecule has 0 spiro atoms. The van der Waals surface area contributed by atoms with Gasteiger partial charge in [0.1, 0.15) is 11.9 Å². The Bertz CT molecular complexity index is 318. The van der Waals surface area contributed by atoms with Crippen LogP contribution in [0.4, 0.5) is 0 Å². The number of nitrogens with one attached hydrogen (secondary N) is 1. The van der Waals surface area contributed by atoms with Crippen LogP contribution >= 0.6 is 23.2 Å². The molecule has 0 atom stereocenters. The third kappa shape index (κ3) is 5.15. The number of hydrogen-bond donors (Lipinski definition) is 1. The van der Waals surface area contributed by atoms with Crippen LogP contribution in [-0.4, -0.2) is 19.2 Å². The van der Waals surface area contributed by atoms with Gasteiger partial charge in [0.05, 0.1) is 0 Å². The van der Waals surface area contributed by atoms with Gasteiger partial charge in [-0.1, -0.05) is 37.0 Å². The molecule has 0 saturated carbocycles. The maximum atomic E-state index is 5.89. The average Bonchev–Trinajstić information content (AvgIpc) is 2.31. The number of halogens is 2. The summed E-state index contributed by atoms with van der Waals surface area (Å²) in [4.78, 5) is 0. The minimum absolute atomic E-state index is 0.279. The smallest absolute Gasteiger partial charge is 0.122 e. The zero-order valence-electron chi connectivity index (χ0n) is 10.3. The summed E-state index contributed by atoms with van der Waals surface area (Å²) in [5.41, 5.74) is 0. The highest BCUT2D eigenvalue weighted by Gasteiger charge is 2.14. The third-order valence-electron chi connectivity index (χ3n) is 2.42. The number of benzene rings is 1. The molecule has 0 bridgehead atoms. The predicted molar refractivity (Wildman–Crippen MR) is 74.3 cm³/mol. The van der Waals surface area contributed by atoms with E-state index in [2.05, 4.69) is 5.32 Å². The Morgan fingerprint density at radius 3 is 2.12 bits per heavy atom. The fraction of sp³-hybridized carbons (Fsp3) is 0.538. The van der Waals surface area contributed by atoms with Crippen LogP contribution in [0, 0.1) is 0 Å². The Morgan fingerprint density at radius 2 is 1.59 bits per heavy atom. The van der Waals surface area contributed by atoms with E-state index in [1.54, 1.807) is 18.2 Å². The second kappa shape index (κ2) is 7.80. The Morgan fingerprint density at radius 1 is 1.06 bits per heavy atom. The number of piperidine rings is 1. The Labute approximate surface area is 113 Å². The van der Waals surface area contributed by atoms with Gasteiger partial charge in [-0.05, 0) is 44.1 Å². The fourth-order valence-corrected chi connectivity index (χ4v) is 2.21. The molecule has 0 unspecified atom stereocenters. The van der Waals surface area contributed by atoms with Crippen LogP contribution < -0.4 is 10.1 Å². The highest BCUT2D eigenvalue weighted by atomic mass is 35.5. The van der Waals surface area contributed by atoms with Crippen LogP contribution in [0.3, 0.4) is 0 Å². The zero-order chi connectivity index (χ0) is 12.7. The number of rotatable bonds is 2. The molecule has 0 amide bonds.